The van der Waals surface area contributed by atoms with Gasteiger partial charge in [0.05, 0.1) is 17.0 Å². The molecule has 3 heterocycles. The molecule has 0 bridgehead atoms. The summed E-state index contributed by atoms with van der Waals surface area (Å²) in [5.74, 6) is 0.459. The average molecular weight is 407 g/mol. The van der Waals surface area contributed by atoms with Gasteiger partial charge in [-0.2, -0.15) is 0 Å². The second-order valence-corrected chi connectivity index (χ2v) is 7.46. The van der Waals surface area contributed by atoms with Crippen molar-refractivity contribution < 1.29 is 13.7 Å². The predicted octanol–water partition coefficient (Wildman–Crippen LogP) is 4.80. The van der Waals surface area contributed by atoms with E-state index < -0.39 is 11.9 Å². The predicted molar refractivity (Wildman–Crippen MR) is 109 cm³/mol. The third kappa shape index (κ3) is 2.60. The number of aromatic nitrogens is 1. The molecule has 0 N–H and O–H groups in total. The fraction of sp³-hybridized carbons (Fsp3) is 0.136. The number of benzene rings is 2. The van der Waals surface area contributed by atoms with E-state index in [4.69, 9.17) is 20.5 Å². The van der Waals surface area contributed by atoms with Gasteiger partial charge in [-0.3, -0.25) is 14.5 Å². The lowest BCUT2D eigenvalue weighted by Gasteiger charge is -2.22. The molecule has 1 atom stereocenters. The zero-order chi connectivity index (χ0) is 20.3. The molecule has 0 saturated heterocycles. The molecule has 0 saturated carbocycles. The molecule has 0 spiro atoms. The molecule has 0 radical (unpaired) electrons. The molecule has 5 rings (SSSR count). The van der Waals surface area contributed by atoms with Crippen LogP contribution in [0.1, 0.15) is 39.0 Å². The van der Waals surface area contributed by atoms with Crippen LogP contribution < -0.4 is 10.3 Å². The Morgan fingerprint density at radius 1 is 1.07 bits per heavy atom. The third-order valence-electron chi connectivity index (χ3n) is 5.13. The lowest BCUT2D eigenvalue weighted by Crippen LogP contribution is -2.29. The van der Waals surface area contributed by atoms with Crippen molar-refractivity contribution in [3.8, 4) is 0 Å². The Bertz CT molecular complexity index is 1340. The summed E-state index contributed by atoms with van der Waals surface area (Å²) in [4.78, 5) is 28.2. The summed E-state index contributed by atoms with van der Waals surface area (Å²) < 4.78 is 11.1. The van der Waals surface area contributed by atoms with Crippen LogP contribution in [-0.4, -0.2) is 11.1 Å². The molecule has 4 aromatic rings. The van der Waals surface area contributed by atoms with Crippen LogP contribution in [0.5, 0.6) is 0 Å². The van der Waals surface area contributed by atoms with Crippen LogP contribution in [0.2, 0.25) is 5.02 Å². The van der Waals surface area contributed by atoms with Crippen molar-refractivity contribution in [1.29, 1.82) is 0 Å². The maximum Gasteiger partial charge on any atom is 0.296 e. The molecule has 6 nitrogen and oxygen atoms in total. The number of anilines is 1. The van der Waals surface area contributed by atoms with Gasteiger partial charge < -0.3 is 8.94 Å². The number of hydrogen-bond donors (Lipinski definition) is 0. The smallest absolute Gasteiger partial charge is 0.296 e. The molecule has 1 aliphatic rings. The maximum atomic E-state index is 13.5. The minimum atomic E-state index is -0.677. The lowest BCUT2D eigenvalue weighted by molar-refractivity contribution is 0.0969. The van der Waals surface area contributed by atoms with Crippen molar-refractivity contribution in [3.63, 3.8) is 0 Å². The molecule has 29 heavy (non-hydrogen) atoms. The van der Waals surface area contributed by atoms with Crippen molar-refractivity contribution in [2.75, 3.05) is 4.90 Å². The first kappa shape index (κ1) is 17.7. The molecule has 2 aromatic heterocycles. The van der Waals surface area contributed by atoms with E-state index in [1.54, 1.807) is 25.1 Å². The Balaban J connectivity index is 1.84. The van der Waals surface area contributed by atoms with Gasteiger partial charge in [-0.05, 0) is 37.1 Å². The third-order valence-corrected chi connectivity index (χ3v) is 5.54. The second kappa shape index (κ2) is 6.32. The van der Waals surface area contributed by atoms with E-state index in [-0.39, 0.29) is 16.8 Å². The number of halogens is 1. The summed E-state index contributed by atoms with van der Waals surface area (Å²) >= 11 is 6.24. The van der Waals surface area contributed by atoms with Crippen LogP contribution >= 0.6 is 11.6 Å². The van der Waals surface area contributed by atoms with Crippen molar-refractivity contribution >= 4 is 34.3 Å². The Labute approximate surface area is 170 Å². The van der Waals surface area contributed by atoms with Crippen LogP contribution in [0.4, 0.5) is 5.82 Å². The molecule has 7 heteroatoms. The standard InChI is InChI=1S/C22H15ClN2O4/c1-11-8-16-14(10-15(11)23)20(26)18-19(13-6-4-3-5-7-13)25(22(27)21(18)28-16)17-9-12(2)29-24-17/h3-10,19H,1-2H3. The number of carbonyl (C=O) groups is 1. The first-order valence-electron chi connectivity index (χ1n) is 9.04. The summed E-state index contributed by atoms with van der Waals surface area (Å²) in [6, 6.07) is 13.5. The number of rotatable bonds is 2. The van der Waals surface area contributed by atoms with Crippen LogP contribution in [0.25, 0.3) is 11.0 Å². The van der Waals surface area contributed by atoms with Crippen LogP contribution in [0.15, 0.2) is 62.3 Å². The van der Waals surface area contributed by atoms with Gasteiger partial charge in [0.15, 0.2) is 11.2 Å². The molecule has 144 valence electrons. The zero-order valence-electron chi connectivity index (χ0n) is 15.6. The van der Waals surface area contributed by atoms with E-state index in [0.29, 0.717) is 27.6 Å². The molecular weight excluding hydrogens is 392 g/mol. The van der Waals surface area contributed by atoms with Crippen molar-refractivity contribution in [2.24, 2.45) is 0 Å². The van der Waals surface area contributed by atoms with Gasteiger partial charge in [0.1, 0.15) is 11.3 Å². The Hall–Kier alpha value is -3.38. The van der Waals surface area contributed by atoms with Gasteiger partial charge in [0, 0.05) is 11.1 Å². The summed E-state index contributed by atoms with van der Waals surface area (Å²) in [6.07, 6.45) is 0. The number of fused-ring (bicyclic) bond motifs is 2. The highest BCUT2D eigenvalue weighted by molar-refractivity contribution is 6.32. The molecule has 0 fully saturated rings. The normalized spacial score (nSPS) is 15.9. The fourth-order valence-electron chi connectivity index (χ4n) is 3.75. The molecule has 1 amide bonds. The van der Waals surface area contributed by atoms with Gasteiger partial charge in [0.25, 0.3) is 5.91 Å². The van der Waals surface area contributed by atoms with Gasteiger partial charge in [0.2, 0.25) is 5.76 Å². The summed E-state index contributed by atoms with van der Waals surface area (Å²) in [5.41, 5.74) is 1.85. The quantitative estimate of drug-likeness (QED) is 0.478. The number of hydrogen-bond acceptors (Lipinski definition) is 5. The maximum absolute atomic E-state index is 13.5. The summed E-state index contributed by atoms with van der Waals surface area (Å²) in [6.45, 7) is 3.55. The lowest BCUT2D eigenvalue weighted by atomic mass is 9.98. The van der Waals surface area contributed by atoms with Gasteiger partial charge in [-0.25, -0.2) is 0 Å². The molecular formula is C22H15ClN2O4. The molecule has 0 aliphatic carbocycles. The van der Waals surface area contributed by atoms with E-state index in [1.165, 1.54) is 4.90 Å². The number of aryl methyl sites for hydroxylation is 2. The fourth-order valence-corrected chi connectivity index (χ4v) is 3.91. The van der Waals surface area contributed by atoms with Crippen LogP contribution in [0.3, 0.4) is 0 Å². The molecule has 1 aliphatic heterocycles. The summed E-state index contributed by atoms with van der Waals surface area (Å²) in [5, 5.41) is 4.81. The first-order valence-corrected chi connectivity index (χ1v) is 9.42. The SMILES string of the molecule is Cc1cc(N2C(=O)c3oc4cc(C)c(Cl)cc4c(=O)c3C2c2ccccc2)no1. The monoisotopic (exact) mass is 406 g/mol. The number of carbonyl (C=O) groups excluding carboxylic acids is 1. The highest BCUT2D eigenvalue weighted by atomic mass is 35.5. The van der Waals surface area contributed by atoms with Gasteiger partial charge >= 0.3 is 0 Å². The number of nitrogens with zero attached hydrogens (tertiary/aromatic N) is 2. The van der Waals surface area contributed by atoms with E-state index >= 15 is 0 Å². The molecule has 2 aromatic carbocycles. The number of amides is 1. The molecule has 1 unspecified atom stereocenters. The van der Waals surface area contributed by atoms with E-state index in [0.717, 1.165) is 11.1 Å². The van der Waals surface area contributed by atoms with Crippen molar-refractivity contribution in [1.82, 2.24) is 5.16 Å². The van der Waals surface area contributed by atoms with E-state index in [9.17, 15) is 9.59 Å². The van der Waals surface area contributed by atoms with Crippen molar-refractivity contribution in [3.05, 3.63) is 92.0 Å². The minimum absolute atomic E-state index is 0.0127. The van der Waals surface area contributed by atoms with Gasteiger partial charge in [-0.1, -0.05) is 47.1 Å². The largest absolute Gasteiger partial charge is 0.450 e. The average Bonchev–Trinajstić information content (AvgIpc) is 3.26. The van der Waals surface area contributed by atoms with Crippen LogP contribution in [-0.2, 0) is 0 Å². The topological polar surface area (TPSA) is 76.6 Å². The van der Waals surface area contributed by atoms with Crippen LogP contribution in [0, 0.1) is 13.8 Å². The summed E-state index contributed by atoms with van der Waals surface area (Å²) in [7, 11) is 0. The van der Waals surface area contributed by atoms with E-state index in [2.05, 4.69) is 5.16 Å². The Kier molecular flexibility index (Phi) is 3.86. The Morgan fingerprint density at radius 2 is 1.83 bits per heavy atom. The second-order valence-electron chi connectivity index (χ2n) is 7.06. The first-order chi connectivity index (χ1) is 14.0. The zero-order valence-corrected chi connectivity index (χ0v) is 16.4. The van der Waals surface area contributed by atoms with E-state index in [1.807, 2.05) is 37.3 Å². The Morgan fingerprint density at radius 3 is 2.52 bits per heavy atom. The van der Waals surface area contributed by atoms with Crippen molar-refractivity contribution in [2.45, 2.75) is 19.9 Å². The highest BCUT2D eigenvalue weighted by Gasteiger charge is 2.44. The highest BCUT2D eigenvalue weighted by Crippen LogP contribution is 2.41. The minimum Gasteiger partial charge on any atom is -0.450 e. The van der Waals surface area contributed by atoms with Gasteiger partial charge in [-0.15, -0.1) is 0 Å².